The van der Waals surface area contributed by atoms with Gasteiger partial charge < -0.3 is 0 Å². The van der Waals surface area contributed by atoms with Crippen molar-refractivity contribution in [2.24, 2.45) is 0 Å². The van der Waals surface area contributed by atoms with Crippen molar-refractivity contribution in [1.29, 1.82) is 0 Å². The third-order valence-electron chi connectivity index (χ3n) is 5.13. The maximum atomic E-state index is 3.69. The third-order valence-corrected chi connectivity index (χ3v) is 8.47. The fourth-order valence-electron chi connectivity index (χ4n) is 4.25. The van der Waals surface area contributed by atoms with Crippen LogP contribution >= 0.6 is 54.5 Å². The second-order valence-electron chi connectivity index (χ2n) is 7.28. The van der Waals surface area contributed by atoms with Crippen molar-refractivity contribution in [3.8, 4) is 20.9 Å². The molecule has 5 rings (SSSR count). The molecule has 1 aromatic carbocycles. The topological polar surface area (TPSA) is 0 Å². The van der Waals surface area contributed by atoms with Gasteiger partial charge in [-0.05, 0) is 106 Å². The highest BCUT2D eigenvalue weighted by molar-refractivity contribution is 9.11. The Balaban J connectivity index is 1.89. The van der Waals surface area contributed by atoms with E-state index < -0.39 is 0 Å². The van der Waals surface area contributed by atoms with Crippen LogP contribution in [0.4, 0.5) is 0 Å². The average Bonchev–Trinajstić information content (AvgIpc) is 3.22. The zero-order chi connectivity index (χ0) is 18.3. The fourth-order valence-corrected chi connectivity index (χ4v) is 7.52. The van der Waals surface area contributed by atoms with Crippen LogP contribution in [0.2, 0.25) is 0 Å². The van der Waals surface area contributed by atoms with Crippen LogP contribution < -0.4 is 0 Å². The summed E-state index contributed by atoms with van der Waals surface area (Å²) in [6.45, 7) is 8.90. The summed E-state index contributed by atoms with van der Waals surface area (Å²) in [5.41, 5.74) is 13.9. The Morgan fingerprint density at radius 3 is 1.31 bits per heavy atom. The molecule has 0 radical (unpaired) electrons. The zero-order valence-corrected chi connectivity index (χ0v) is 19.7. The molecule has 0 amide bonds. The maximum Gasteiger partial charge on any atom is 0.0711 e. The van der Waals surface area contributed by atoms with E-state index in [0.29, 0.717) is 0 Å². The Morgan fingerprint density at radius 1 is 0.577 bits per heavy atom. The monoisotopic (exact) mass is 502 g/mol. The molecule has 0 spiro atoms. The van der Waals surface area contributed by atoms with Crippen molar-refractivity contribution in [3.63, 3.8) is 0 Å². The van der Waals surface area contributed by atoms with E-state index in [9.17, 15) is 0 Å². The van der Waals surface area contributed by atoms with Crippen molar-refractivity contribution in [2.45, 2.75) is 27.7 Å². The number of halogens is 2. The lowest BCUT2D eigenvalue weighted by atomic mass is 9.94. The normalized spacial score (nSPS) is 13.6. The molecule has 2 heterocycles. The molecule has 0 saturated heterocycles. The molecular weight excluding hydrogens is 488 g/mol. The van der Waals surface area contributed by atoms with Gasteiger partial charge in [-0.15, -0.1) is 22.7 Å². The highest BCUT2D eigenvalue weighted by Crippen LogP contribution is 2.57. The van der Waals surface area contributed by atoms with E-state index in [1.165, 1.54) is 73.0 Å². The Morgan fingerprint density at radius 2 is 0.962 bits per heavy atom. The van der Waals surface area contributed by atoms with E-state index in [2.05, 4.69) is 83.8 Å². The highest BCUT2D eigenvalue weighted by Gasteiger charge is 2.33. The van der Waals surface area contributed by atoms with Gasteiger partial charge in [0.25, 0.3) is 0 Å². The predicted octanol–water partition coefficient (Wildman–Crippen LogP) is 8.98. The molecule has 0 bridgehead atoms. The average molecular weight is 504 g/mol. The van der Waals surface area contributed by atoms with Gasteiger partial charge >= 0.3 is 0 Å². The van der Waals surface area contributed by atoms with Gasteiger partial charge in [-0.25, -0.2) is 0 Å². The second kappa shape index (κ2) is 5.78. The van der Waals surface area contributed by atoms with Crippen LogP contribution in [-0.2, 0) is 0 Å². The minimum absolute atomic E-state index is 1.21. The number of hydrogen-bond acceptors (Lipinski definition) is 2. The van der Waals surface area contributed by atoms with Crippen molar-refractivity contribution >= 4 is 65.7 Å². The lowest BCUT2D eigenvalue weighted by Gasteiger charge is -2.10. The van der Waals surface area contributed by atoms with Crippen molar-refractivity contribution in [3.05, 3.63) is 65.2 Å². The van der Waals surface area contributed by atoms with Gasteiger partial charge in [-0.2, -0.15) is 0 Å². The molecule has 0 atom stereocenters. The number of benzene rings is 1. The molecule has 0 saturated carbocycles. The largest absolute Gasteiger partial charge is 0.128 e. The zero-order valence-electron chi connectivity index (χ0n) is 14.9. The minimum Gasteiger partial charge on any atom is -0.128 e. The summed E-state index contributed by atoms with van der Waals surface area (Å²) in [6.07, 6.45) is 0. The molecule has 3 aromatic rings. The summed E-state index contributed by atoms with van der Waals surface area (Å²) >= 11 is 11.1. The quantitative estimate of drug-likeness (QED) is 0.198. The smallest absolute Gasteiger partial charge is 0.0711 e. The summed E-state index contributed by atoms with van der Waals surface area (Å²) in [4.78, 5) is 2.80. The van der Waals surface area contributed by atoms with E-state index in [1.807, 2.05) is 22.7 Å². The van der Waals surface area contributed by atoms with Crippen LogP contribution in [0, 0.1) is 0 Å². The molecule has 0 unspecified atom stereocenters. The van der Waals surface area contributed by atoms with E-state index in [-0.39, 0.29) is 0 Å². The van der Waals surface area contributed by atoms with E-state index in [4.69, 9.17) is 0 Å². The summed E-state index contributed by atoms with van der Waals surface area (Å²) in [5, 5.41) is 0. The highest BCUT2D eigenvalue weighted by atomic mass is 79.9. The number of hydrogen-bond donors (Lipinski definition) is 0. The van der Waals surface area contributed by atoms with Gasteiger partial charge in [0.05, 0.1) is 7.57 Å². The number of rotatable bonds is 0. The number of fused-ring (bicyclic) bond motifs is 6. The van der Waals surface area contributed by atoms with Crippen LogP contribution in [0.5, 0.6) is 0 Å². The van der Waals surface area contributed by atoms with Gasteiger partial charge in [0.1, 0.15) is 0 Å². The number of thiophene rings is 2. The molecule has 0 nitrogen and oxygen atoms in total. The minimum atomic E-state index is 1.21. The van der Waals surface area contributed by atoms with Crippen LogP contribution in [0.3, 0.4) is 0 Å². The Kier molecular flexibility index (Phi) is 3.82. The third kappa shape index (κ3) is 2.22. The standard InChI is InChI=1S/C22H16Br2S2/c1-9(2)19-11-5-14-12(6-13(11)21-15(19)7-17(23)25-21)20(10(3)4)16-8-18(24)26-22(14)16/h5-8H,1-4H3. The predicted molar refractivity (Wildman–Crippen MR) is 123 cm³/mol. The molecule has 4 heteroatoms. The van der Waals surface area contributed by atoms with Crippen LogP contribution in [-0.4, -0.2) is 0 Å². The van der Waals surface area contributed by atoms with Gasteiger partial charge in [0.15, 0.2) is 0 Å². The lowest BCUT2D eigenvalue weighted by Crippen LogP contribution is -1.89. The molecule has 0 fully saturated rings. The summed E-state index contributed by atoms with van der Waals surface area (Å²) in [5.74, 6) is 0. The van der Waals surface area contributed by atoms with Gasteiger partial charge in [0, 0.05) is 32.0 Å². The second-order valence-corrected chi connectivity index (χ2v) is 12.1. The first kappa shape index (κ1) is 17.2. The molecule has 130 valence electrons. The van der Waals surface area contributed by atoms with Crippen molar-refractivity contribution in [2.75, 3.05) is 0 Å². The van der Waals surface area contributed by atoms with E-state index in [1.54, 1.807) is 0 Å². The Bertz CT molecular complexity index is 1080. The lowest BCUT2D eigenvalue weighted by molar-refractivity contribution is 1.39. The van der Waals surface area contributed by atoms with Crippen LogP contribution in [0.15, 0.2) is 43.0 Å². The van der Waals surface area contributed by atoms with Crippen molar-refractivity contribution in [1.82, 2.24) is 0 Å². The molecule has 2 aliphatic rings. The Labute approximate surface area is 178 Å². The first-order chi connectivity index (χ1) is 12.4. The van der Waals surface area contributed by atoms with Gasteiger partial charge in [0.2, 0.25) is 0 Å². The van der Waals surface area contributed by atoms with Crippen molar-refractivity contribution < 1.29 is 0 Å². The first-order valence-electron chi connectivity index (χ1n) is 8.50. The maximum absolute atomic E-state index is 3.69. The van der Waals surface area contributed by atoms with E-state index in [0.717, 1.165) is 0 Å². The van der Waals surface area contributed by atoms with Crippen LogP contribution in [0.25, 0.3) is 32.0 Å². The van der Waals surface area contributed by atoms with Gasteiger partial charge in [-0.1, -0.05) is 11.1 Å². The molecule has 0 aliphatic heterocycles. The first-order valence-corrected chi connectivity index (χ1v) is 11.7. The molecule has 0 N–H and O–H groups in total. The fraction of sp³-hybridized carbons (Fsp3) is 0.182. The molecular formula is C22H16Br2S2. The Hall–Kier alpha value is -0.940. The van der Waals surface area contributed by atoms with Gasteiger partial charge in [-0.3, -0.25) is 0 Å². The summed E-state index contributed by atoms with van der Waals surface area (Å²) in [6, 6.07) is 9.43. The SMILES string of the molecule is CC(C)=C1c2cc3c(cc2-c2sc(Br)cc21)C(=C(C)C)c1cc(Br)sc1-3. The molecule has 2 aliphatic carbocycles. The van der Waals surface area contributed by atoms with E-state index >= 15 is 0 Å². The molecule has 2 aromatic heterocycles. The number of allylic oxidation sites excluding steroid dienone is 2. The summed E-state index contributed by atoms with van der Waals surface area (Å²) < 4.78 is 2.41. The molecule has 26 heavy (non-hydrogen) atoms. The summed E-state index contributed by atoms with van der Waals surface area (Å²) in [7, 11) is 0. The van der Waals surface area contributed by atoms with Crippen LogP contribution in [0.1, 0.15) is 49.9 Å².